The van der Waals surface area contributed by atoms with Gasteiger partial charge < -0.3 is 10.1 Å². The van der Waals surface area contributed by atoms with Crippen LogP contribution in [0.15, 0.2) is 30.3 Å². The van der Waals surface area contributed by atoms with Crippen molar-refractivity contribution in [2.45, 2.75) is 32.7 Å². The normalized spacial score (nSPS) is 13.9. The van der Waals surface area contributed by atoms with E-state index in [1.54, 1.807) is 0 Å². The van der Waals surface area contributed by atoms with E-state index < -0.39 is 5.54 Å². The monoisotopic (exact) mass is 221 g/mol. The highest BCUT2D eigenvalue weighted by Gasteiger charge is 2.32. The van der Waals surface area contributed by atoms with E-state index in [2.05, 4.69) is 5.32 Å². The Balaban J connectivity index is 2.78. The number of benzene rings is 1. The highest BCUT2D eigenvalue weighted by molar-refractivity contribution is 5.84. The Morgan fingerprint density at radius 1 is 1.31 bits per heavy atom. The van der Waals surface area contributed by atoms with Crippen LogP contribution in [0.3, 0.4) is 0 Å². The third-order valence-corrected chi connectivity index (χ3v) is 2.63. The molecule has 0 aliphatic heterocycles. The lowest BCUT2D eigenvalue weighted by molar-refractivity contribution is -0.148. The summed E-state index contributed by atoms with van der Waals surface area (Å²) in [5.74, 6) is -0.207. The lowest BCUT2D eigenvalue weighted by Gasteiger charge is -2.28. The minimum atomic E-state index is -0.655. The van der Waals surface area contributed by atoms with E-state index in [-0.39, 0.29) is 5.97 Å². The molecule has 0 aliphatic carbocycles. The quantitative estimate of drug-likeness (QED) is 0.777. The van der Waals surface area contributed by atoms with Crippen LogP contribution in [0, 0.1) is 0 Å². The predicted molar refractivity (Wildman–Crippen MR) is 65.4 cm³/mol. The first-order valence-corrected chi connectivity index (χ1v) is 5.63. The summed E-state index contributed by atoms with van der Waals surface area (Å²) in [7, 11) is 0. The number of rotatable bonds is 5. The van der Waals surface area contributed by atoms with Crippen LogP contribution < -0.4 is 5.32 Å². The molecule has 0 saturated carbocycles. The van der Waals surface area contributed by atoms with E-state index in [1.807, 2.05) is 51.1 Å². The second-order valence-corrected chi connectivity index (χ2v) is 3.90. The Kier molecular flexibility index (Phi) is 4.35. The van der Waals surface area contributed by atoms with Gasteiger partial charge in [0.05, 0.1) is 6.61 Å². The molecule has 1 atom stereocenters. The van der Waals surface area contributed by atoms with Crippen molar-refractivity contribution in [3.8, 4) is 0 Å². The van der Waals surface area contributed by atoms with Crippen molar-refractivity contribution in [1.82, 2.24) is 0 Å². The SMILES string of the molecule is CCOC(=O)C(C)(CC)Nc1ccccc1. The van der Waals surface area contributed by atoms with Crippen LogP contribution in [-0.4, -0.2) is 18.1 Å². The average Bonchev–Trinajstić information content (AvgIpc) is 2.30. The number of esters is 1. The van der Waals surface area contributed by atoms with Gasteiger partial charge in [-0.3, -0.25) is 0 Å². The molecule has 0 fully saturated rings. The first-order chi connectivity index (χ1) is 7.62. The fourth-order valence-electron chi connectivity index (χ4n) is 1.41. The van der Waals surface area contributed by atoms with Gasteiger partial charge in [0.1, 0.15) is 5.54 Å². The molecule has 88 valence electrons. The van der Waals surface area contributed by atoms with E-state index in [4.69, 9.17) is 4.74 Å². The molecule has 1 aromatic rings. The van der Waals surface area contributed by atoms with Gasteiger partial charge in [0.15, 0.2) is 0 Å². The number of carbonyl (C=O) groups is 1. The molecule has 0 heterocycles. The predicted octanol–water partition coefficient (Wildman–Crippen LogP) is 2.83. The van der Waals surface area contributed by atoms with Gasteiger partial charge in [-0.1, -0.05) is 25.1 Å². The van der Waals surface area contributed by atoms with Gasteiger partial charge in [0, 0.05) is 5.69 Å². The number of nitrogens with one attached hydrogen (secondary N) is 1. The molecule has 0 aromatic heterocycles. The Morgan fingerprint density at radius 2 is 1.94 bits per heavy atom. The topological polar surface area (TPSA) is 38.3 Å². The van der Waals surface area contributed by atoms with Crippen LogP contribution in [-0.2, 0) is 9.53 Å². The third kappa shape index (κ3) is 2.99. The Labute approximate surface area is 96.8 Å². The van der Waals surface area contributed by atoms with Crippen LogP contribution in [0.2, 0.25) is 0 Å². The van der Waals surface area contributed by atoms with Gasteiger partial charge >= 0.3 is 5.97 Å². The molecular weight excluding hydrogens is 202 g/mol. The second kappa shape index (κ2) is 5.54. The van der Waals surface area contributed by atoms with Crippen molar-refractivity contribution < 1.29 is 9.53 Å². The Bertz CT molecular complexity index is 337. The zero-order chi connectivity index (χ0) is 12.0. The van der Waals surface area contributed by atoms with Crippen molar-refractivity contribution in [3.05, 3.63) is 30.3 Å². The van der Waals surface area contributed by atoms with Crippen molar-refractivity contribution in [3.63, 3.8) is 0 Å². The molecule has 1 aromatic carbocycles. The van der Waals surface area contributed by atoms with E-state index in [9.17, 15) is 4.79 Å². The van der Waals surface area contributed by atoms with Crippen molar-refractivity contribution in [2.24, 2.45) is 0 Å². The van der Waals surface area contributed by atoms with Gasteiger partial charge in [0.25, 0.3) is 0 Å². The average molecular weight is 221 g/mol. The molecular formula is C13H19NO2. The van der Waals surface area contributed by atoms with E-state index >= 15 is 0 Å². The molecule has 3 heteroatoms. The number of hydrogen-bond acceptors (Lipinski definition) is 3. The van der Waals surface area contributed by atoms with Gasteiger partial charge in [-0.2, -0.15) is 0 Å². The van der Waals surface area contributed by atoms with E-state index in [0.29, 0.717) is 13.0 Å². The fraction of sp³-hybridized carbons (Fsp3) is 0.462. The standard InChI is InChI=1S/C13H19NO2/c1-4-13(3,12(15)16-5-2)14-11-9-7-6-8-10-11/h6-10,14H,4-5H2,1-3H3. The zero-order valence-electron chi connectivity index (χ0n) is 10.1. The minimum Gasteiger partial charge on any atom is -0.464 e. The first-order valence-electron chi connectivity index (χ1n) is 5.63. The molecule has 0 radical (unpaired) electrons. The summed E-state index contributed by atoms with van der Waals surface area (Å²) in [5.41, 5.74) is 0.275. The van der Waals surface area contributed by atoms with Crippen molar-refractivity contribution >= 4 is 11.7 Å². The molecule has 1 unspecified atom stereocenters. The van der Waals surface area contributed by atoms with E-state index in [1.165, 1.54) is 0 Å². The summed E-state index contributed by atoms with van der Waals surface area (Å²) in [6.45, 7) is 6.05. The molecule has 3 nitrogen and oxygen atoms in total. The number of anilines is 1. The number of carbonyl (C=O) groups excluding carboxylic acids is 1. The fourth-order valence-corrected chi connectivity index (χ4v) is 1.41. The van der Waals surface area contributed by atoms with Crippen LogP contribution in [0.25, 0.3) is 0 Å². The van der Waals surface area contributed by atoms with Crippen LogP contribution in [0.5, 0.6) is 0 Å². The maximum atomic E-state index is 11.8. The molecule has 0 bridgehead atoms. The maximum Gasteiger partial charge on any atom is 0.331 e. The smallest absolute Gasteiger partial charge is 0.331 e. The highest BCUT2D eigenvalue weighted by atomic mass is 16.5. The summed E-state index contributed by atoms with van der Waals surface area (Å²) in [6, 6.07) is 9.69. The van der Waals surface area contributed by atoms with Crippen molar-refractivity contribution in [1.29, 1.82) is 0 Å². The largest absolute Gasteiger partial charge is 0.464 e. The summed E-state index contributed by atoms with van der Waals surface area (Å²) in [6.07, 6.45) is 0.681. The highest BCUT2D eigenvalue weighted by Crippen LogP contribution is 2.19. The molecule has 0 spiro atoms. The second-order valence-electron chi connectivity index (χ2n) is 3.90. The lowest BCUT2D eigenvalue weighted by Crippen LogP contribution is -2.44. The van der Waals surface area contributed by atoms with Gasteiger partial charge in [-0.05, 0) is 32.4 Å². The Morgan fingerprint density at radius 3 is 2.44 bits per heavy atom. The van der Waals surface area contributed by atoms with Gasteiger partial charge in [-0.15, -0.1) is 0 Å². The van der Waals surface area contributed by atoms with E-state index in [0.717, 1.165) is 5.69 Å². The third-order valence-electron chi connectivity index (χ3n) is 2.63. The molecule has 0 aliphatic rings. The molecule has 16 heavy (non-hydrogen) atoms. The van der Waals surface area contributed by atoms with Gasteiger partial charge in [-0.25, -0.2) is 4.79 Å². The first kappa shape index (κ1) is 12.6. The maximum absolute atomic E-state index is 11.8. The van der Waals surface area contributed by atoms with Crippen molar-refractivity contribution in [2.75, 3.05) is 11.9 Å². The van der Waals surface area contributed by atoms with Crippen LogP contribution in [0.4, 0.5) is 5.69 Å². The number of para-hydroxylation sites is 1. The summed E-state index contributed by atoms with van der Waals surface area (Å²) < 4.78 is 5.07. The zero-order valence-corrected chi connectivity index (χ0v) is 10.1. The van der Waals surface area contributed by atoms with Crippen LogP contribution >= 0.6 is 0 Å². The molecule has 0 saturated heterocycles. The minimum absolute atomic E-state index is 0.207. The molecule has 0 amide bonds. The number of hydrogen-bond donors (Lipinski definition) is 1. The van der Waals surface area contributed by atoms with Crippen LogP contribution in [0.1, 0.15) is 27.2 Å². The summed E-state index contributed by atoms with van der Waals surface area (Å²) in [4.78, 5) is 11.8. The lowest BCUT2D eigenvalue weighted by atomic mass is 9.98. The number of ether oxygens (including phenoxy) is 1. The van der Waals surface area contributed by atoms with Gasteiger partial charge in [0.2, 0.25) is 0 Å². The molecule has 1 rings (SSSR count). The summed E-state index contributed by atoms with van der Waals surface area (Å²) >= 11 is 0. The Hall–Kier alpha value is -1.51. The molecule has 1 N–H and O–H groups in total. The summed E-state index contributed by atoms with van der Waals surface area (Å²) in [5, 5.41) is 3.22.